The van der Waals surface area contributed by atoms with Gasteiger partial charge in [-0.1, -0.05) is 26.8 Å². The van der Waals surface area contributed by atoms with Gasteiger partial charge >= 0.3 is 0 Å². The molecular weight excluding hydrogens is 198 g/mol. The molecule has 0 radical (unpaired) electrons. The highest BCUT2D eigenvalue weighted by molar-refractivity contribution is 5.34. The number of nitrogens with zero attached hydrogens (tertiary/aromatic N) is 1. The Morgan fingerprint density at radius 1 is 1.31 bits per heavy atom. The van der Waals surface area contributed by atoms with Crippen molar-refractivity contribution in [1.29, 1.82) is 0 Å². The number of nitrogens with one attached hydrogen (secondary N) is 2. The third kappa shape index (κ3) is 5.12. The smallest absolute Gasteiger partial charge is 0.127 e. The van der Waals surface area contributed by atoms with E-state index in [4.69, 9.17) is 0 Å². The van der Waals surface area contributed by atoms with Crippen molar-refractivity contribution in [3.8, 4) is 0 Å². The summed E-state index contributed by atoms with van der Waals surface area (Å²) in [6.07, 6.45) is 4.36. The fraction of sp³-hybridized carbons (Fsp3) is 0.615. The van der Waals surface area contributed by atoms with Gasteiger partial charge < -0.3 is 10.6 Å². The minimum absolute atomic E-state index is 0.286. The van der Waals surface area contributed by atoms with Crippen molar-refractivity contribution >= 4 is 5.82 Å². The molecule has 0 amide bonds. The summed E-state index contributed by atoms with van der Waals surface area (Å²) in [7, 11) is 1.98. The van der Waals surface area contributed by atoms with E-state index in [1.807, 2.05) is 25.2 Å². The van der Waals surface area contributed by atoms with Gasteiger partial charge in [0.25, 0.3) is 0 Å². The van der Waals surface area contributed by atoms with Gasteiger partial charge in [0.2, 0.25) is 0 Å². The Bertz CT molecular complexity index is 290. The molecular formula is C13H23N3. The van der Waals surface area contributed by atoms with Crippen molar-refractivity contribution in [3.05, 3.63) is 24.4 Å². The van der Waals surface area contributed by atoms with E-state index in [9.17, 15) is 0 Å². The summed E-state index contributed by atoms with van der Waals surface area (Å²) in [5.74, 6) is 0.927. The van der Waals surface area contributed by atoms with Crippen LogP contribution >= 0.6 is 0 Å². The van der Waals surface area contributed by atoms with Crippen molar-refractivity contribution in [1.82, 2.24) is 10.3 Å². The number of anilines is 1. The second-order valence-electron chi connectivity index (χ2n) is 5.30. The number of rotatable bonds is 5. The second kappa shape index (κ2) is 5.85. The van der Waals surface area contributed by atoms with E-state index in [0.29, 0.717) is 5.41 Å². The SMILES string of the molecule is CNC(CCC(C)(C)C)Nc1ccccn1. The zero-order valence-corrected chi connectivity index (χ0v) is 10.7. The van der Waals surface area contributed by atoms with Gasteiger partial charge in [0, 0.05) is 6.20 Å². The molecule has 1 aromatic heterocycles. The Balaban J connectivity index is 2.44. The van der Waals surface area contributed by atoms with Crippen molar-refractivity contribution < 1.29 is 0 Å². The van der Waals surface area contributed by atoms with Crippen LogP contribution in [0, 0.1) is 5.41 Å². The van der Waals surface area contributed by atoms with Crippen LogP contribution in [0.2, 0.25) is 0 Å². The Morgan fingerprint density at radius 2 is 2.06 bits per heavy atom. The molecule has 0 aromatic carbocycles. The van der Waals surface area contributed by atoms with Gasteiger partial charge in [0.15, 0.2) is 0 Å². The summed E-state index contributed by atoms with van der Waals surface area (Å²) in [4.78, 5) is 4.26. The van der Waals surface area contributed by atoms with Gasteiger partial charge in [-0.2, -0.15) is 0 Å². The van der Waals surface area contributed by atoms with Crippen molar-refractivity contribution in [2.75, 3.05) is 12.4 Å². The fourth-order valence-electron chi connectivity index (χ4n) is 1.49. The summed E-state index contributed by atoms with van der Waals surface area (Å²) in [5.41, 5.74) is 0.376. The van der Waals surface area contributed by atoms with E-state index in [1.165, 1.54) is 6.42 Å². The average molecular weight is 221 g/mol. The molecule has 16 heavy (non-hydrogen) atoms. The van der Waals surface area contributed by atoms with Crippen LogP contribution in [0.15, 0.2) is 24.4 Å². The molecule has 0 aliphatic rings. The van der Waals surface area contributed by atoms with Gasteiger partial charge in [-0.15, -0.1) is 0 Å². The van der Waals surface area contributed by atoms with Crippen LogP contribution in [-0.2, 0) is 0 Å². The summed E-state index contributed by atoms with van der Waals surface area (Å²) in [6.45, 7) is 6.79. The first kappa shape index (κ1) is 13.0. The highest BCUT2D eigenvalue weighted by atomic mass is 15.1. The van der Waals surface area contributed by atoms with E-state index in [2.05, 4.69) is 36.4 Å². The third-order valence-electron chi connectivity index (χ3n) is 2.52. The highest BCUT2D eigenvalue weighted by Gasteiger charge is 2.14. The molecule has 90 valence electrons. The maximum absolute atomic E-state index is 4.26. The lowest BCUT2D eigenvalue weighted by Gasteiger charge is -2.24. The van der Waals surface area contributed by atoms with Crippen LogP contribution in [0.4, 0.5) is 5.82 Å². The molecule has 0 aliphatic heterocycles. The molecule has 2 N–H and O–H groups in total. The number of hydrogen-bond acceptors (Lipinski definition) is 3. The molecule has 0 fully saturated rings. The summed E-state index contributed by atoms with van der Waals surface area (Å²) >= 11 is 0. The molecule has 1 atom stereocenters. The minimum atomic E-state index is 0.286. The standard InChI is InChI=1S/C13H23N3/c1-13(2,3)9-8-11(14-4)16-12-7-5-6-10-15-12/h5-7,10-11,14H,8-9H2,1-4H3,(H,15,16). The number of aromatic nitrogens is 1. The number of hydrogen-bond donors (Lipinski definition) is 2. The maximum Gasteiger partial charge on any atom is 0.127 e. The zero-order chi connectivity index (χ0) is 12.0. The van der Waals surface area contributed by atoms with Gasteiger partial charge in [0.05, 0.1) is 6.17 Å². The van der Waals surface area contributed by atoms with Gasteiger partial charge in [-0.3, -0.25) is 0 Å². The van der Waals surface area contributed by atoms with Crippen LogP contribution in [0.5, 0.6) is 0 Å². The maximum atomic E-state index is 4.26. The molecule has 0 aliphatic carbocycles. The Labute approximate surface area is 98.7 Å². The topological polar surface area (TPSA) is 37.0 Å². The molecule has 1 heterocycles. The van der Waals surface area contributed by atoms with E-state index in [0.717, 1.165) is 12.2 Å². The molecule has 0 bridgehead atoms. The normalized spacial score (nSPS) is 13.5. The van der Waals surface area contributed by atoms with Gasteiger partial charge in [-0.25, -0.2) is 4.98 Å². The van der Waals surface area contributed by atoms with Crippen LogP contribution in [0.25, 0.3) is 0 Å². The molecule has 0 saturated heterocycles. The lowest BCUT2D eigenvalue weighted by molar-refractivity contribution is 0.344. The van der Waals surface area contributed by atoms with Crippen LogP contribution in [0.3, 0.4) is 0 Å². The molecule has 1 aromatic rings. The van der Waals surface area contributed by atoms with Crippen molar-refractivity contribution in [2.24, 2.45) is 5.41 Å². The van der Waals surface area contributed by atoms with Crippen molar-refractivity contribution in [2.45, 2.75) is 39.8 Å². The van der Waals surface area contributed by atoms with Crippen LogP contribution in [0.1, 0.15) is 33.6 Å². The van der Waals surface area contributed by atoms with E-state index in [-0.39, 0.29) is 6.17 Å². The molecule has 0 spiro atoms. The molecule has 0 saturated carbocycles. The lowest BCUT2D eigenvalue weighted by Crippen LogP contribution is -2.34. The third-order valence-corrected chi connectivity index (χ3v) is 2.52. The lowest BCUT2D eigenvalue weighted by atomic mass is 9.90. The van der Waals surface area contributed by atoms with E-state index >= 15 is 0 Å². The quantitative estimate of drug-likeness (QED) is 0.751. The largest absolute Gasteiger partial charge is 0.355 e. The molecule has 1 unspecified atom stereocenters. The molecule has 3 nitrogen and oxygen atoms in total. The summed E-state index contributed by atoms with van der Waals surface area (Å²) < 4.78 is 0. The summed E-state index contributed by atoms with van der Waals surface area (Å²) in [6, 6.07) is 5.90. The van der Waals surface area contributed by atoms with E-state index < -0.39 is 0 Å². The van der Waals surface area contributed by atoms with Gasteiger partial charge in [0.1, 0.15) is 5.82 Å². The van der Waals surface area contributed by atoms with Gasteiger partial charge in [-0.05, 0) is 37.4 Å². The second-order valence-corrected chi connectivity index (χ2v) is 5.30. The van der Waals surface area contributed by atoms with Crippen molar-refractivity contribution in [3.63, 3.8) is 0 Å². The zero-order valence-electron chi connectivity index (χ0n) is 10.7. The van der Waals surface area contributed by atoms with E-state index in [1.54, 1.807) is 6.20 Å². The Morgan fingerprint density at radius 3 is 2.56 bits per heavy atom. The predicted octanol–water partition coefficient (Wildman–Crippen LogP) is 2.87. The first-order valence-corrected chi connectivity index (χ1v) is 5.86. The first-order valence-electron chi connectivity index (χ1n) is 5.86. The summed E-state index contributed by atoms with van der Waals surface area (Å²) in [5, 5.41) is 6.65. The first-order chi connectivity index (χ1) is 7.51. The minimum Gasteiger partial charge on any atom is -0.355 e. The average Bonchev–Trinajstić information content (AvgIpc) is 2.24. The number of pyridine rings is 1. The predicted molar refractivity (Wildman–Crippen MR) is 69.4 cm³/mol. The monoisotopic (exact) mass is 221 g/mol. The highest BCUT2D eigenvalue weighted by Crippen LogP contribution is 2.21. The van der Waals surface area contributed by atoms with Crippen LogP contribution < -0.4 is 10.6 Å². The Hall–Kier alpha value is -1.09. The van der Waals surface area contributed by atoms with Crippen LogP contribution in [-0.4, -0.2) is 18.2 Å². The molecule has 1 rings (SSSR count). The Kier molecular flexibility index (Phi) is 4.74. The molecule has 3 heteroatoms. The fourth-order valence-corrected chi connectivity index (χ4v) is 1.49.